The van der Waals surface area contributed by atoms with Gasteiger partial charge in [-0.05, 0) is 20.8 Å². The fourth-order valence-electron chi connectivity index (χ4n) is 0.293. The molecule has 0 rings (SSSR count). The highest BCUT2D eigenvalue weighted by Gasteiger charge is 2.17. The Balaban J connectivity index is 3.58. The first-order chi connectivity index (χ1) is 4.45. The third kappa shape index (κ3) is 5.65. The third-order valence-electron chi connectivity index (χ3n) is 0.489. The van der Waals surface area contributed by atoms with Gasteiger partial charge in [0.15, 0.2) is 0 Å². The van der Waals surface area contributed by atoms with Crippen molar-refractivity contribution in [3.05, 3.63) is 0 Å². The summed E-state index contributed by atoms with van der Waals surface area (Å²) in [5, 5.41) is 0. The summed E-state index contributed by atoms with van der Waals surface area (Å²) in [5.41, 5.74) is -0.591. The van der Waals surface area contributed by atoms with Crippen LogP contribution in [0.5, 0.6) is 0 Å². The lowest BCUT2D eigenvalue weighted by molar-refractivity contribution is -0.175. The molecule has 60 valence electrons. The van der Waals surface area contributed by atoms with Gasteiger partial charge in [-0.2, -0.15) is 0 Å². The van der Waals surface area contributed by atoms with E-state index in [-0.39, 0.29) is 0 Å². The fourth-order valence-corrected chi connectivity index (χ4v) is 0.344. The fraction of sp³-hybridized carbons (Fsp3) is 0.800. The van der Waals surface area contributed by atoms with Crippen molar-refractivity contribution in [2.24, 2.45) is 0 Å². The van der Waals surface area contributed by atoms with E-state index in [2.05, 4.69) is 25.9 Å². The van der Waals surface area contributed by atoms with E-state index in [1.165, 1.54) is 0 Å². The Morgan fingerprint density at radius 2 is 1.90 bits per heavy atom. The topological polar surface area (TPSA) is 44.8 Å². The summed E-state index contributed by atoms with van der Waals surface area (Å²) in [6, 6.07) is 0. The zero-order chi connectivity index (χ0) is 8.20. The van der Waals surface area contributed by atoms with E-state index in [9.17, 15) is 4.79 Å². The minimum Gasteiger partial charge on any atom is -0.427 e. The van der Waals surface area contributed by atoms with Gasteiger partial charge in [0.1, 0.15) is 17.5 Å². The monoisotopic (exact) mass is 168 g/mol. The highest BCUT2D eigenvalue weighted by atomic mass is 35.5. The molecule has 0 spiro atoms. The molecule has 0 bridgehead atoms. The van der Waals surface area contributed by atoms with Gasteiger partial charge in [0.05, 0.1) is 0 Å². The lowest BCUT2D eigenvalue weighted by atomic mass is 10.2. The van der Waals surface area contributed by atoms with Crippen LogP contribution in [-0.2, 0) is 14.1 Å². The average Bonchev–Trinajstić information content (AvgIpc) is 1.59. The molecular weight excluding hydrogens is 160 g/mol. The smallest absolute Gasteiger partial charge is 0.427 e. The second kappa shape index (κ2) is 3.63. The normalized spacial score (nSPS) is 10.8. The molecule has 5 heteroatoms. The van der Waals surface area contributed by atoms with Crippen LogP contribution in [0.3, 0.4) is 0 Å². The zero-order valence-electron chi connectivity index (χ0n) is 6.01. The van der Waals surface area contributed by atoms with E-state index in [0.717, 1.165) is 0 Å². The predicted octanol–water partition coefficient (Wildman–Crippen LogP) is 2.02. The highest BCUT2D eigenvalue weighted by Crippen LogP contribution is 2.08. The standard InChI is InChI=1S/C5H9ClO4/c1-5(2,3)8-4(7)9-10-6/h1-3H3. The summed E-state index contributed by atoms with van der Waals surface area (Å²) in [6.07, 6.45) is -0.956. The van der Waals surface area contributed by atoms with Crippen molar-refractivity contribution >= 4 is 18.0 Å². The molecule has 4 nitrogen and oxygen atoms in total. The van der Waals surface area contributed by atoms with Gasteiger partial charge in [0.25, 0.3) is 0 Å². The number of carbonyl (C=O) groups excluding carboxylic acids is 1. The van der Waals surface area contributed by atoms with Crippen LogP contribution in [0.25, 0.3) is 0 Å². The Labute approximate surface area is 64.1 Å². The number of carbonyl (C=O) groups is 1. The summed E-state index contributed by atoms with van der Waals surface area (Å²) in [7, 11) is 0. The zero-order valence-corrected chi connectivity index (χ0v) is 6.77. The van der Waals surface area contributed by atoms with Crippen molar-refractivity contribution in [3.8, 4) is 0 Å². The van der Waals surface area contributed by atoms with Gasteiger partial charge in [0.2, 0.25) is 0 Å². The minimum atomic E-state index is -0.956. The Hall–Kier alpha value is -0.480. The van der Waals surface area contributed by atoms with Crippen LogP contribution < -0.4 is 0 Å². The summed E-state index contributed by atoms with van der Waals surface area (Å²) < 4.78 is 8.15. The van der Waals surface area contributed by atoms with Gasteiger partial charge in [-0.3, -0.25) is 0 Å². The number of rotatable bonds is 1. The molecule has 0 aromatic carbocycles. The Morgan fingerprint density at radius 3 is 2.20 bits per heavy atom. The molecule has 0 atom stereocenters. The van der Waals surface area contributed by atoms with Crippen LogP contribution in [0.4, 0.5) is 4.79 Å². The summed E-state index contributed by atoms with van der Waals surface area (Å²) in [6.45, 7) is 5.09. The van der Waals surface area contributed by atoms with Gasteiger partial charge in [-0.1, -0.05) is 4.44 Å². The van der Waals surface area contributed by atoms with Crippen LogP contribution in [0, 0.1) is 0 Å². The first-order valence-electron chi connectivity index (χ1n) is 2.64. The Morgan fingerprint density at radius 1 is 1.40 bits per heavy atom. The first-order valence-corrected chi connectivity index (χ1v) is 2.95. The van der Waals surface area contributed by atoms with E-state index in [1.54, 1.807) is 20.8 Å². The van der Waals surface area contributed by atoms with Crippen molar-refractivity contribution in [1.82, 2.24) is 0 Å². The number of halogens is 1. The number of ether oxygens (including phenoxy) is 1. The first kappa shape index (κ1) is 9.52. The largest absolute Gasteiger partial charge is 0.542 e. The number of hydrogen-bond acceptors (Lipinski definition) is 4. The molecular formula is C5H9ClO4. The van der Waals surface area contributed by atoms with Crippen LogP contribution in [0.15, 0.2) is 0 Å². The third-order valence-corrected chi connectivity index (χ3v) is 0.552. The lowest BCUT2D eigenvalue weighted by Gasteiger charge is -2.16. The van der Waals surface area contributed by atoms with Crippen LogP contribution in [-0.4, -0.2) is 11.8 Å². The van der Waals surface area contributed by atoms with E-state index in [4.69, 9.17) is 0 Å². The van der Waals surface area contributed by atoms with Crippen molar-refractivity contribution in [2.45, 2.75) is 26.4 Å². The van der Waals surface area contributed by atoms with Gasteiger partial charge < -0.3 is 4.74 Å². The van der Waals surface area contributed by atoms with E-state index >= 15 is 0 Å². The quantitative estimate of drug-likeness (QED) is 0.341. The maximum atomic E-state index is 10.4. The molecule has 0 aromatic heterocycles. The average molecular weight is 169 g/mol. The Kier molecular flexibility index (Phi) is 3.46. The molecule has 0 saturated heterocycles. The predicted molar refractivity (Wildman–Crippen MR) is 34.3 cm³/mol. The van der Waals surface area contributed by atoms with Crippen molar-refractivity contribution < 1.29 is 18.9 Å². The molecule has 0 aliphatic heterocycles. The van der Waals surface area contributed by atoms with E-state index in [1.807, 2.05) is 0 Å². The minimum absolute atomic E-state index is 0.591. The second-order valence-corrected chi connectivity index (χ2v) is 2.74. The number of hydrogen-bond donors (Lipinski definition) is 0. The van der Waals surface area contributed by atoms with Crippen LogP contribution in [0.1, 0.15) is 20.8 Å². The molecule has 0 N–H and O–H groups in total. The summed E-state index contributed by atoms with van der Waals surface area (Å²) in [4.78, 5) is 14.2. The Bertz CT molecular complexity index is 117. The maximum Gasteiger partial charge on any atom is 0.542 e. The lowest BCUT2D eigenvalue weighted by Crippen LogP contribution is -2.23. The molecule has 0 aliphatic carbocycles. The molecule has 0 radical (unpaired) electrons. The molecule has 0 fully saturated rings. The molecule has 0 unspecified atom stereocenters. The molecule has 10 heavy (non-hydrogen) atoms. The van der Waals surface area contributed by atoms with E-state index < -0.39 is 11.8 Å². The van der Waals surface area contributed by atoms with Crippen molar-refractivity contribution in [1.29, 1.82) is 0 Å². The summed E-state index contributed by atoms with van der Waals surface area (Å²) in [5.74, 6) is 0. The molecule has 0 saturated carbocycles. The molecule has 0 amide bonds. The second-order valence-electron chi connectivity index (χ2n) is 2.61. The van der Waals surface area contributed by atoms with Gasteiger partial charge in [-0.25, -0.2) is 9.68 Å². The van der Waals surface area contributed by atoms with Gasteiger partial charge in [-0.15, -0.1) is 0 Å². The highest BCUT2D eigenvalue weighted by molar-refractivity contribution is 6.07. The van der Waals surface area contributed by atoms with E-state index in [0.29, 0.717) is 0 Å². The maximum absolute atomic E-state index is 10.4. The molecule has 0 aromatic rings. The SMILES string of the molecule is CC(C)(C)OC(=O)OOCl. The molecule has 0 aliphatic rings. The molecule has 0 heterocycles. The summed E-state index contributed by atoms with van der Waals surface area (Å²) >= 11 is 4.60. The van der Waals surface area contributed by atoms with Crippen molar-refractivity contribution in [2.75, 3.05) is 0 Å². The van der Waals surface area contributed by atoms with Crippen molar-refractivity contribution in [3.63, 3.8) is 0 Å². The van der Waals surface area contributed by atoms with Crippen LogP contribution in [0.2, 0.25) is 0 Å². The van der Waals surface area contributed by atoms with Gasteiger partial charge >= 0.3 is 6.16 Å². The van der Waals surface area contributed by atoms with Crippen LogP contribution >= 0.6 is 11.9 Å². The van der Waals surface area contributed by atoms with Gasteiger partial charge in [0, 0.05) is 0 Å².